The molecular formula is C33H20ClN3. The van der Waals surface area contributed by atoms with Gasteiger partial charge in [0, 0.05) is 27.1 Å². The standard InChI is InChI=1S/C33H20ClN3/c34-30-19-18-28(26-16-8-9-17-27(26)30)32-35-31(21-10-2-1-3-11-21)36-33(37-32)29-20-22-12-4-5-13-23(22)24-14-6-7-15-25(24)29/h1-20H. The first-order valence-corrected chi connectivity index (χ1v) is 12.5. The van der Waals surface area contributed by atoms with Crippen molar-refractivity contribution in [3.8, 4) is 34.2 Å². The van der Waals surface area contributed by atoms with Crippen molar-refractivity contribution in [3.05, 3.63) is 126 Å². The summed E-state index contributed by atoms with van der Waals surface area (Å²) in [7, 11) is 0. The molecule has 7 rings (SSSR count). The summed E-state index contributed by atoms with van der Waals surface area (Å²) in [5.41, 5.74) is 2.84. The third-order valence-corrected chi connectivity index (χ3v) is 7.12. The molecule has 0 radical (unpaired) electrons. The number of hydrogen-bond acceptors (Lipinski definition) is 3. The van der Waals surface area contributed by atoms with Gasteiger partial charge in [0.05, 0.1) is 0 Å². The van der Waals surface area contributed by atoms with Crippen molar-refractivity contribution in [3.63, 3.8) is 0 Å². The predicted molar refractivity (Wildman–Crippen MR) is 154 cm³/mol. The van der Waals surface area contributed by atoms with Crippen LogP contribution < -0.4 is 0 Å². The smallest absolute Gasteiger partial charge is 0.164 e. The third kappa shape index (κ3) is 3.72. The molecule has 0 spiro atoms. The molecule has 0 fully saturated rings. The molecule has 0 aliphatic heterocycles. The first kappa shape index (κ1) is 21.7. The lowest BCUT2D eigenvalue weighted by molar-refractivity contribution is 1.08. The van der Waals surface area contributed by atoms with Crippen LogP contribution in [-0.2, 0) is 0 Å². The van der Waals surface area contributed by atoms with Gasteiger partial charge in [-0.25, -0.2) is 15.0 Å². The minimum atomic E-state index is 0.619. The highest BCUT2D eigenvalue weighted by molar-refractivity contribution is 6.36. The van der Waals surface area contributed by atoms with Crippen molar-refractivity contribution in [1.82, 2.24) is 15.0 Å². The molecule has 0 bridgehead atoms. The van der Waals surface area contributed by atoms with E-state index in [1.807, 2.05) is 60.7 Å². The molecule has 6 aromatic carbocycles. The SMILES string of the molecule is Clc1ccc(-c2nc(-c3ccccc3)nc(-c3cc4ccccc4c4ccccc34)n2)c2ccccc12. The van der Waals surface area contributed by atoms with Gasteiger partial charge in [0.1, 0.15) is 0 Å². The molecule has 174 valence electrons. The van der Waals surface area contributed by atoms with Gasteiger partial charge < -0.3 is 0 Å². The van der Waals surface area contributed by atoms with Crippen molar-refractivity contribution >= 4 is 43.9 Å². The van der Waals surface area contributed by atoms with Gasteiger partial charge in [-0.15, -0.1) is 0 Å². The molecule has 0 amide bonds. The minimum absolute atomic E-state index is 0.619. The largest absolute Gasteiger partial charge is 0.208 e. The Morgan fingerprint density at radius 3 is 1.70 bits per heavy atom. The summed E-state index contributed by atoms with van der Waals surface area (Å²) in [5.74, 6) is 1.90. The van der Waals surface area contributed by atoms with Crippen molar-refractivity contribution < 1.29 is 0 Å². The predicted octanol–water partition coefficient (Wildman–Crippen LogP) is 8.99. The van der Waals surface area contributed by atoms with E-state index >= 15 is 0 Å². The molecule has 0 saturated carbocycles. The highest BCUT2D eigenvalue weighted by Crippen LogP contribution is 2.36. The summed E-state index contributed by atoms with van der Waals surface area (Å²) in [6.07, 6.45) is 0. The maximum absolute atomic E-state index is 6.54. The summed E-state index contributed by atoms with van der Waals surface area (Å²) in [4.78, 5) is 15.0. The summed E-state index contributed by atoms with van der Waals surface area (Å²) in [6.45, 7) is 0. The number of fused-ring (bicyclic) bond motifs is 4. The quantitative estimate of drug-likeness (QED) is 0.230. The monoisotopic (exact) mass is 493 g/mol. The molecular weight excluding hydrogens is 474 g/mol. The second kappa shape index (κ2) is 8.81. The lowest BCUT2D eigenvalue weighted by atomic mass is 9.96. The zero-order chi connectivity index (χ0) is 24.8. The van der Waals surface area contributed by atoms with E-state index in [-0.39, 0.29) is 0 Å². The molecule has 0 aliphatic rings. The van der Waals surface area contributed by atoms with E-state index in [2.05, 4.69) is 60.7 Å². The van der Waals surface area contributed by atoms with Gasteiger partial charge in [-0.05, 0) is 45.1 Å². The Labute approximate surface area is 219 Å². The van der Waals surface area contributed by atoms with Crippen LogP contribution in [0.5, 0.6) is 0 Å². The fourth-order valence-corrected chi connectivity index (χ4v) is 5.26. The molecule has 0 N–H and O–H groups in total. The maximum atomic E-state index is 6.54. The molecule has 37 heavy (non-hydrogen) atoms. The molecule has 0 saturated heterocycles. The highest BCUT2D eigenvalue weighted by atomic mass is 35.5. The number of nitrogens with zero attached hydrogens (tertiary/aromatic N) is 3. The van der Waals surface area contributed by atoms with Crippen LogP contribution in [0.25, 0.3) is 66.5 Å². The fourth-order valence-electron chi connectivity index (χ4n) is 5.03. The van der Waals surface area contributed by atoms with Gasteiger partial charge in [0.15, 0.2) is 17.5 Å². The Morgan fingerprint density at radius 2 is 0.946 bits per heavy atom. The summed E-state index contributed by atoms with van der Waals surface area (Å²) in [5, 5.41) is 7.33. The summed E-state index contributed by atoms with van der Waals surface area (Å²) >= 11 is 6.54. The number of hydrogen-bond donors (Lipinski definition) is 0. The average Bonchev–Trinajstić information content (AvgIpc) is 2.97. The van der Waals surface area contributed by atoms with Gasteiger partial charge in [-0.3, -0.25) is 0 Å². The van der Waals surface area contributed by atoms with Crippen LogP contribution in [0, 0.1) is 0 Å². The Kier molecular flexibility index (Phi) is 5.16. The number of benzene rings is 6. The van der Waals surface area contributed by atoms with Gasteiger partial charge in [0.25, 0.3) is 0 Å². The van der Waals surface area contributed by atoms with Crippen molar-refractivity contribution in [2.45, 2.75) is 0 Å². The van der Waals surface area contributed by atoms with Crippen LogP contribution in [0.2, 0.25) is 5.02 Å². The van der Waals surface area contributed by atoms with Crippen LogP contribution >= 0.6 is 11.6 Å². The minimum Gasteiger partial charge on any atom is -0.208 e. The van der Waals surface area contributed by atoms with Crippen LogP contribution in [-0.4, -0.2) is 15.0 Å². The van der Waals surface area contributed by atoms with Crippen molar-refractivity contribution in [1.29, 1.82) is 0 Å². The van der Waals surface area contributed by atoms with E-state index in [1.54, 1.807) is 0 Å². The molecule has 1 heterocycles. The molecule has 1 aromatic heterocycles. The van der Waals surface area contributed by atoms with E-state index in [1.165, 1.54) is 10.8 Å². The van der Waals surface area contributed by atoms with E-state index in [0.29, 0.717) is 22.5 Å². The Balaban J connectivity index is 1.56. The van der Waals surface area contributed by atoms with Crippen LogP contribution in [0.4, 0.5) is 0 Å². The fraction of sp³-hybridized carbons (Fsp3) is 0. The molecule has 4 heteroatoms. The first-order valence-electron chi connectivity index (χ1n) is 12.2. The van der Waals surface area contributed by atoms with Gasteiger partial charge >= 0.3 is 0 Å². The summed E-state index contributed by atoms with van der Waals surface area (Å²) < 4.78 is 0. The Bertz CT molecular complexity index is 1950. The Morgan fingerprint density at radius 1 is 0.405 bits per heavy atom. The third-order valence-electron chi connectivity index (χ3n) is 6.79. The molecule has 0 atom stereocenters. The van der Waals surface area contributed by atoms with Crippen LogP contribution in [0.15, 0.2) is 121 Å². The van der Waals surface area contributed by atoms with Crippen molar-refractivity contribution in [2.75, 3.05) is 0 Å². The average molecular weight is 494 g/mol. The second-order valence-electron chi connectivity index (χ2n) is 9.00. The lowest BCUT2D eigenvalue weighted by Gasteiger charge is -2.13. The van der Waals surface area contributed by atoms with E-state index < -0.39 is 0 Å². The maximum Gasteiger partial charge on any atom is 0.164 e. The van der Waals surface area contributed by atoms with Gasteiger partial charge in [-0.1, -0.05) is 115 Å². The topological polar surface area (TPSA) is 38.7 Å². The number of aromatic nitrogens is 3. The van der Waals surface area contributed by atoms with E-state index in [0.717, 1.165) is 38.2 Å². The molecule has 3 nitrogen and oxygen atoms in total. The Hall–Kier alpha value is -4.60. The van der Waals surface area contributed by atoms with E-state index in [9.17, 15) is 0 Å². The zero-order valence-corrected chi connectivity index (χ0v) is 20.5. The number of rotatable bonds is 3. The highest BCUT2D eigenvalue weighted by Gasteiger charge is 2.17. The molecule has 7 aromatic rings. The molecule has 0 aliphatic carbocycles. The zero-order valence-electron chi connectivity index (χ0n) is 19.8. The van der Waals surface area contributed by atoms with Gasteiger partial charge in [0.2, 0.25) is 0 Å². The van der Waals surface area contributed by atoms with Crippen LogP contribution in [0.1, 0.15) is 0 Å². The molecule has 0 unspecified atom stereocenters. The summed E-state index contributed by atoms with van der Waals surface area (Å²) in [6, 6.07) is 41.1. The first-order chi connectivity index (χ1) is 18.3. The normalized spacial score (nSPS) is 11.4. The second-order valence-corrected chi connectivity index (χ2v) is 9.41. The van der Waals surface area contributed by atoms with E-state index in [4.69, 9.17) is 26.6 Å². The van der Waals surface area contributed by atoms with Gasteiger partial charge in [-0.2, -0.15) is 0 Å². The van der Waals surface area contributed by atoms with Crippen LogP contribution in [0.3, 0.4) is 0 Å². The number of halogens is 1. The lowest BCUT2D eigenvalue weighted by Crippen LogP contribution is -2.01. The van der Waals surface area contributed by atoms with Crippen molar-refractivity contribution in [2.24, 2.45) is 0 Å².